The Labute approximate surface area is 125 Å². The third-order valence-electron chi connectivity index (χ3n) is 4.12. The molecule has 1 amide bonds. The molecule has 3 nitrogen and oxygen atoms in total. The summed E-state index contributed by atoms with van der Waals surface area (Å²) in [6.45, 7) is 5.98. The SMILES string of the molecule is Cc1ccc(C(=O)Nc2ccc3c(c2)CNCC3)cc1C. The molecule has 0 unspecified atom stereocenters. The van der Waals surface area contributed by atoms with Crippen LogP contribution in [0.1, 0.15) is 32.6 Å². The molecule has 3 rings (SSSR count). The van der Waals surface area contributed by atoms with Crippen molar-refractivity contribution in [2.45, 2.75) is 26.8 Å². The van der Waals surface area contributed by atoms with E-state index in [-0.39, 0.29) is 5.91 Å². The fourth-order valence-corrected chi connectivity index (χ4v) is 2.64. The van der Waals surface area contributed by atoms with Gasteiger partial charge in [-0.05, 0) is 73.3 Å². The van der Waals surface area contributed by atoms with E-state index in [4.69, 9.17) is 0 Å². The van der Waals surface area contributed by atoms with Crippen molar-refractivity contribution in [2.24, 2.45) is 0 Å². The van der Waals surface area contributed by atoms with Crippen LogP contribution in [0.3, 0.4) is 0 Å². The quantitative estimate of drug-likeness (QED) is 0.887. The molecule has 2 aromatic carbocycles. The van der Waals surface area contributed by atoms with Crippen molar-refractivity contribution in [3.8, 4) is 0 Å². The van der Waals surface area contributed by atoms with Crippen molar-refractivity contribution in [1.29, 1.82) is 0 Å². The Balaban J connectivity index is 1.79. The monoisotopic (exact) mass is 280 g/mol. The zero-order chi connectivity index (χ0) is 14.8. The third kappa shape index (κ3) is 2.98. The second-order valence-electron chi connectivity index (χ2n) is 5.66. The normalized spacial score (nSPS) is 13.6. The van der Waals surface area contributed by atoms with Gasteiger partial charge in [0.25, 0.3) is 5.91 Å². The van der Waals surface area contributed by atoms with Gasteiger partial charge in [-0.25, -0.2) is 0 Å². The van der Waals surface area contributed by atoms with Crippen LogP contribution in [0.4, 0.5) is 5.69 Å². The second-order valence-corrected chi connectivity index (χ2v) is 5.66. The lowest BCUT2D eigenvalue weighted by molar-refractivity contribution is 0.102. The molecule has 0 fully saturated rings. The number of rotatable bonds is 2. The minimum Gasteiger partial charge on any atom is -0.322 e. The van der Waals surface area contributed by atoms with Gasteiger partial charge in [-0.1, -0.05) is 12.1 Å². The molecule has 0 saturated carbocycles. The van der Waals surface area contributed by atoms with Gasteiger partial charge in [-0.15, -0.1) is 0 Å². The molecule has 0 atom stereocenters. The van der Waals surface area contributed by atoms with Gasteiger partial charge in [0, 0.05) is 17.8 Å². The molecular weight excluding hydrogens is 260 g/mol. The molecule has 0 aromatic heterocycles. The Morgan fingerprint density at radius 3 is 2.71 bits per heavy atom. The van der Waals surface area contributed by atoms with Crippen molar-refractivity contribution in [2.75, 3.05) is 11.9 Å². The molecule has 1 aliphatic heterocycles. The minimum absolute atomic E-state index is 0.0539. The van der Waals surface area contributed by atoms with E-state index in [1.165, 1.54) is 16.7 Å². The number of hydrogen-bond acceptors (Lipinski definition) is 2. The average Bonchev–Trinajstić information content (AvgIpc) is 2.50. The zero-order valence-corrected chi connectivity index (χ0v) is 12.5. The Morgan fingerprint density at radius 2 is 1.90 bits per heavy atom. The number of carbonyl (C=O) groups excluding carboxylic acids is 1. The maximum absolute atomic E-state index is 12.3. The molecule has 21 heavy (non-hydrogen) atoms. The van der Waals surface area contributed by atoms with E-state index < -0.39 is 0 Å². The van der Waals surface area contributed by atoms with Crippen LogP contribution in [-0.4, -0.2) is 12.5 Å². The van der Waals surface area contributed by atoms with Crippen molar-refractivity contribution in [1.82, 2.24) is 5.32 Å². The molecule has 0 saturated heterocycles. The summed E-state index contributed by atoms with van der Waals surface area (Å²) in [6.07, 6.45) is 1.06. The summed E-state index contributed by atoms with van der Waals surface area (Å²) in [5.41, 5.74) is 6.55. The van der Waals surface area contributed by atoms with Crippen LogP contribution in [-0.2, 0) is 13.0 Å². The maximum Gasteiger partial charge on any atom is 0.255 e. The molecule has 0 radical (unpaired) electrons. The van der Waals surface area contributed by atoms with Gasteiger partial charge in [0.2, 0.25) is 0 Å². The molecule has 108 valence electrons. The first-order valence-corrected chi connectivity index (χ1v) is 7.34. The van der Waals surface area contributed by atoms with Crippen molar-refractivity contribution >= 4 is 11.6 Å². The van der Waals surface area contributed by atoms with Gasteiger partial charge in [-0.3, -0.25) is 4.79 Å². The highest BCUT2D eigenvalue weighted by Crippen LogP contribution is 2.20. The molecule has 2 aromatic rings. The number of fused-ring (bicyclic) bond motifs is 1. The highest BCUT2D eigenvalue weighted by molar-refractivity contribution is 6.04. The van der Waals surface area contributed by atoms with Gasteiger partial charge in [0.15, 0.2) is 0 Å². The first-order valence-electron chi connectivity index (χ1n) is 7.34. The molecular formula is C18H20N2O. The standard InChI is InChI=1S/C18H20N2O/c1-12-3-4-15(9-13(12)2)18(21)20-17-6-5-14-7-8-19-11-16(14)10-17/h3-6,9-10,19H,7-8,11H2,1-2H3,(H,20,21). The lowest BCUT2D eigenvalue weighted by Gasteiger charge is -2.18. The topological polar surface area (TPSA) is 41.1 Å². The highest BCUT2D eigenvalue weighted by Gasteiger charge is 2.11. The predicted octanol–water partition coefficient (Wildman–Crippen LogP) is 3.20. The van der Waals surface area contributed by atoms with E-state index in [1.807, 2.05) is 38.1 Å². The maximum atomic E-state index is 12.3. The summed E-state index contributed by atoms with van der Waals surface area (Å²) in [6, 6.07) is 12.0. The minimum atomic E-state index is -0.0539. The Morgan fingerprint density at radius 1 is 1.05 bits per heavy atom. The number of amides is 1. The summed E-state index contributed by atoms with van der Waals surface area (Å²) >= 11 is 0. The van der Waals surface area contributed by atoms with Gasteiger partial charge in [0.05, 0.1) is 0 Å². The fraction of sp³-hybridized carbons (Fsp3) is 0.278. The van der Waals surface area contributed by atoms with Crippen LogP contribution in [0, 0.1) is 13.8 Å². The van der Waals surface area contributed by atoms with Gasteiger partial charge < -0.3 is 10.6 Å². The van der Waals surface area contributed by atoms with Crippen LogP contribution in [0.5, 0.6) is 0 Å². The van der Waals surface area contributed by atoms with E-state index in [2.05, 4.69) is 22.8 Å². The van der Waals surface area contributed by atoms with Gasteiger partial charge in [-0.2, -0.15) is 0 Å². The lowest BCUT2D eigenvalue weighted by Crippen LogP contribution is -2.23. The second kappa shape index (κ2) is 5.70. The number of carbonyl (C=O) groups is 1. The van der Waals surface area contributed by atoms with E-state index in [0.29, 0.717) is 5.56 Å². The van der Waals surface area contributed by atoms with Gasteiger partial charge in [0.1, 0.15) is 0 Å². The van der Waals surface area contributed by atoms with Crippen molar-refractivity contribution in [3.63, 3.8) is 0 Å². The molecule has 0 aliphatic carbocycles. The van der Waals surface area contributed by atoms with Crippen molar-refractivity contribution in [3.05, 3.63) is 64.2 Å². The van der Waals surface area contributed by atoms with Crippen LogP contribution in [0.15, 0.2) is 36.4 Å². The van der Waals surface area contributed by atoms with Gasteiger partial charge >= 0.3 is 0 Å². The highest BCUT2D eigenvalue weighted by atomic mass is 16.1. The molecule has 2 N–H and O–H groups in total. The molecule has 0 spiro atoms. The summed E-state index contributed by atoms with van der Waals surface area (Å²) in [7, 11) is 0. The van der Waals surface area contributed by atoms with Crippen LogP contribution in [0.2, 0.25) is 0 Å². The van der Waals surface area contributed by atoms with E-state index >= 15 is 0 Å². The number of anilines is 1. The van der Waals surface area contributed by atoms with E-state index in [9.17, 15) is 4.79 Å². The average molecular weight is 280 g/mol. The summed E-state index contributed by atoms with van der Waals surface area (Å²) < 4.78 is 0. The van der Waals surface area contributed by atoms with Crippen LogP contribution < -0.4 is 10.6 Å². The number of hydrogen-bond donors (Lipinski definition) is 2. The number of aryl methyl sites for hydroxylation is 2. The first kappa shape index (κ1) is 13.8. The molecule has 3 heteroatoms. The smallest absolute Gasteiger partial charge is 0.255 e. The Hall–Kier alpha value is -2.13. The van der Waals surface area contributed by atoms with Crippen molar-refractivity contribution < 1.29 is 4.79 Å². The summed E-state index contributed by atoms with van der Waals surface area (Å²) in [4.78, 5) is 12.3. The van der Waals surface area contributed by atoms with Crippen LogP contribution >= 0.6 is 0 Å². The first-order chi connectivity index (χ1) is 10.1. The number of benzene rings is 2. The summed E-state index contributed by atoms with van der Waals surface area (Å²) in [5, 5.41) is 6.34. The largest absolute Gasteiger partial charge is 0.322 e. The van der Waals surface area contributed by atoms with E-state index in [0.717, 1.165) is 30.8 Å². The Kier molecular flexibility index (Phi) is 3.76. The predicted molar refractivity (Wildman–Crippen MR) is 85.7 cm³/mol. The fourth-order valence-electron chi connectivity index (χ4n) is 2.64. The molecule has 1 aliphatic rings. The molecule has 0 bridgehead atoms. The summed E-state index contributed by atoms with van der Waals surface area (Å²) in [5.74, 6) is -0.0539. The van der Waals surface area contributed by atoms with E-state index in [1.54, 1.807) is 0 Å². The Bertz CT molecular complexity index is 692. The zero-order valence-electron chi connectivity index (χ0n) is 12.5. The third-order valence-corrected chi connectivity index (χ3v) is 4.12. The van der Waals surface area contributed by atoms with Crippen LogP contribution in [0.25, 0.3) is 0 Å². The number of nitrogens with one attached hydrogen (secondary N) is 2. The lowest BCUT2D eigenvalue weighted by atomic mass is 10.0. The molecule has 1 heterocycles.